The fourth-order valence-electron chi connectivity index (χ4n) is 2.07. The molecule has 4 heteroatoms. The van der Waals surface area contributed by atoms with Crippen molar-refractivity contribution in [1.82, 2.24) is 9.88 Å². The molecule has 15 heavy (non-hydrogen) atoms. The molecule has 1 fully saturated rings. The molecule has 1 aromatic rings. The van der Waals surface area contributed by atoms with E-state index in [0.29, 0.717) is 0 Å². The van der Waals surface area contributed by atoms with Gasteiger partial charge in [-0.15, -0.1) is 0 Å². The summed E-state index contributed by atoms with van der Waals surface area (Å²) in [5.74, 6) is 0. The highest BCUT2D eigenvalue weighted by Crippen LogP contribution is 2.28. The number of hydrogen-bond acceptors (Lipinski definition) is 2. The monoisotopic (exact) mass is 222 g/mol. The Morgan fingerprint density at radius 3 is 3.00 bits per heavy atom. The molecule has 2 rings (SSSR count). The zero-order chi connectivity index (χ0) is 10.7. The summed E-state index contributed by atoms with van der Waals surface area (Å²) in [4.78, 5) is 15.8. The minimum Gasteiger partial charge on any atom is -0.353 e. The van der Waals surface area contributed by atoms with Crippen LogP contribution in [0.4, 0.5) is 0 Å². The van der Waals surface area contributed by atoms with Crippen molar-refractivity contribution < 1.29 is 4.79 Å². The molecule has 1 atom stereocenters. The van der Waals surface area contributed by atoms with E-state index in [-0.39, 0.29) is 6.04 Å². The fraction of sp³-hybridized carbons (Fsp3) is 0.455. The predicted molar refractivity (Wildman–Crippen MR) is 61.0 cm³/mol. The molecule has 0 saturated carbocycles. The summed E-state index contributed by atoms with van der Waals surface area (Å²) in [6.07, 6.45) is 6.20. The molecule has 1 amide bonds. The molecule has 0 bridgehead atoms. The van der Waals surface area contributed by atoms with E-state index in [9.17, 15) is 4.79 Å². The smallest absolute Gasteiger partial charge is 0.210 e. The number of nitrogens with zero attached hydrogens (tertiary/aromatic N) is 1. The van der Waals surface area contributed by atoms with Gasteiger partial charge in [-0.2, -0.15) is 0 Å². The lowest BCUT2D eigenvalue weighted by Crippen LogP contribution is -2.32. The number of aromatic amines is 1. The van der Waals surface area contributed by atoms with Crippen molar-refractivity contribution in [3.05, 3.63) is 28.5 Å². The summed E-state index contributed by atoms with van der Waals surface area (Å²) in [5, 5.41) is 0. The highest BCUT2D eigenvalue weighted by atomic mass is 32.1. The van der Waals surface area contributed by atoms with Crippen LogP contribution in [0, 0.1) is 4.64 Å². The molecular formula is C11H14N2OS. The summed E-state index contributed by atoms with van der Waals surface area (Å²) in [5.41, 5.74) is 1.15. The number of likely N-dealkylation sites (tertiary alicyclic amines) is 1. The Labute approximate surface area is 94.1 Å². The maximum atomic E-state index is 10.9. The molecule has 1 unspecified atom stereocenters. The van der Waals surface area contributed by atoms with E-state index in [1.807, 2.05) is 23.2 Å². The van der Waals surface area contributed by atoms with Gasteiger partial charge in [0.05, 0.1) is 6.04 Å². The van der Waals surface area contributed by atoms with Crippen molar-refractivity contribution >= 4 is 18.6 Å². The van der Waals surface area contributed by atoms with Gasteiger partial charge in [0.1, 0.15) is 4.64 Å². The van der Waals surface area contributed by atoms with Crippen molar-refractivity contribution in [2.45, 2.75) is 25.3 Å². The van der Waals surface area contributed by atoms with E-state index >= 15 is 0 Å². The minimum atomic E-state index is 0.225. The van der Waals surface area contributed by atoms with Gasteiger partial charge in [0, 0.05) is 12.7 Å². The Hall–Kier alpha value is -1.16. The van der Waals surface area contributed by atoms with E-state index in [1.165, 1.54) is 6.42 Å². The second-order valence-electron chi connectivity index (χ2n) is 3.84. The quantitative estimate of drug-likeness (QED) is 0.616. The lowest BCUT2D eigenvalue weighted by atomic mass is 9.97. The summed E-state index contributed by atoms with van der Waals surface area (Å²) in [6, 6.07) is 4.11. The summed E-state index contributed by atoms with van der Waals surface area (Å²) < 4.78 is 0.729. The number of carbonyl (C=O) groups is 1. The average Bonchev–Trinajstić information content (AvgIpc) is 2.30. The van der Waals surface area contributed by atoms with E-state index in [0.717, 1.165) is 36.0 Å². The second kappa shape index (κ2) is 4.57. The number of amides is 1. The van der Waals surface area contributed by atoms with Crippen LogP contribution in [0.1, 0.15) is 30.9 Å². The Morgan fingerprint density at radius 2 is 2.33 bits per heavy atom. The van der Waals surface area contributed by atoms with Crippen molar-refractivity contribution in [3.8, 4) is 0 Å². The predicted octanol–water partition coefficient (Wildman–Crippen LogP) is 2.43. The van der Waals surface area contributed by atoms with Crippen molar-refractivity contribution in [3.63, 3.8) is 0 Å². The van der Waals surface area contributed by atoms with E-state index < -0.39 is 0 Å². The first kappa shape index (κ1) is 10.4. The third-order valence-electron chi connectivity index (χ3n) is 2.87. The molecule has 2 heterocycles. The molecule has 80 valence electrons. The highest BCUT2D eigenvalue weighted by Gasteiger charge is 2.22. The minimum absolute atomic E-state index is 0.225. The number of carbonyl (C=O) groups excluding carboxylic acids is 1. The molecule has 1 aliphatic rings. The Balaban J connectivity index is 2.23. The van der Waals surface area contributed by atoms with Crippen LogP contribution in [0.2, 0.25) is 0 Å². The van der Waals surface area contributed by atoms with Crippen molar-refractivity contribution in [1.29, 1.82) is 0 Å². The van der Waals surface area contributed by atoms with Gasteiger partial charge < -0.3 is 9.88 Å². The molecular weight excluding hydrogens is 208 g/mol. The maximum absolute atomic E-state index is 10.9. The number of pyridine rings is 1. The molecule has 3 nitrogen and oxygen atoms in total. The third kappa shape index (κ3) is 2.26. The molecule has 0 aliphatic carbocycles. The third-order valence-corrected chi connectivity index (χ3v) is 3.13. The number of piperidine rings is 1. The largest absolute Gasteiger partial charge is 0.353 e. The SMILES string of the molecule is O=CN1CCCCC1c1ccc(=S)[nH]c1. The van der Waals surface area contributed by atoms with Gasteiger partial charge in [0.2, 0.25) is 6.41 Å². The van der Waals surface area contributed by atoms with Crippen LogP contribution in [-0.4, -0.2) is 22.8 Å². The van der Waals surface area contributed by atoms with Gasteiger partial charge in [-0.05, 0) is 30.9 Å². The van der Waals surface area contributed by atoms with Crippen LogP contribution in [-0.2, 0) is 4.79 Å². The topological polar surface area (TPSA) is 36.1 Å². The Bertz CT molecular complexity index is 381. The van der Waals surface area contributed by atoms with Crippen LogP contribution < -0.4 is 0 Å². The zero-order valence-electron chi connectivity index (χ0n) is 8.48. The molecule has 0 spiro atoms. The Morgan fingerprint density at radius 1 is 1.47 bits per heavy atom. The number of H-pyrrole nitrogens is 1. The zero-order valence-corrected chi connectivity index (χ0v) is 9.30. The lowest BCUT2D eigenvalue weighted by molar-refractivity contribution is -0.121. The fourth-order valence-corrected chi connectivity index (χ4v) is 2.19. The van der Waals surface area contributed by atoms with Crippen LogP contribution in [0.15, 0.2) is 18.3 Å². The van der Waals surface area contributed by atoms with E-state index in [1.54, 1.807) is 0 Å². The van der Waals surface area contributed by atoms with Gasteiger partial charge in [0.15, 0.2) is 0 Å². The van der Waals surface area contributed by atoms with Crippen LogP contribution in [0.5, 0.6) is 0 Å². The van der Waals surface area contributed by atoms with Crippen LogP contribution >= 0.6 is 12.2 Å². The molecule has 1 aromatic heterocycles. The maximum Gasteiger partial charge on any atom is 0.210 e. The van der Waals surface area contributed by atoms with Crippen LogP contribution in [0.25, 0.3) is 0 Å². The normalized spacial score (nSPS) is 21.3. The molecule has 1 saturated heterocycles. The van der Waals surface area contributed by atoms with Crippen LogP contribution in [0.3, 0.4) is 0 Å². The number of aromatic nitrogens is 1. The van der Waals surface area contributed by atoms with Gasteiger partial charge in [-0.25, -0.2) is 0 Å². The summed E-state index contributed by atoms with van der Waals surface area (Å²) >= 11 is 4.99. The lowest BCUT2D eigenvalue weighted by Gasteiger charge is -2.32. The van der Waals surface area contributed by atoms with Gasteiger partial charge in [-0.3, -0.25) is 4.79 Å². The second-order valence-corrected chi connectivity index (χ2v) is 4.28. The van der Waals surface area contributed by atoms with Crippen molar-refractivity contribution in [2.75, 3.05) is 6.54 Å². The van der Waals surface area contributed by atoms with Gasteiger partial charge >= 0.3 is 0 Å². The molecule has 1 aliphatic heterocycles. The molecule has 0 radical (unpaired) electrons. The highest BCUT2D eigenvalue weighted by molar-refractivity contribution is 7.71. The number of rotatable bonds is 2. The molecule has 0 aromatic carbocycles. The number of nitrogens with one attached hydrogen (secondary N) is 1. The first-order valence-corrected chi connectivity index (χ1v) is 5.62. The first-order chi connectivity index (χ1) is 7.31. The Kier molecular flexibility index (Phi) is 3.16. The van der Waals surface area contributed by atoms with E-state index in [4.69, 9.17) is 12.2 Å². The van der Waals surface area contributed by atoms with Crippen molar-refractivity contribution in [2.24, 2.45) is 0 Å². The summed E-state index contributed by atoms with van der Waals surface area (Å²) in [7, 11) is 0. The van der Waals surface area contributed by atoms with E-state index in [2.05, 4.69) is 4.98 Å². The standard InChI is InChI=1S/C11H14N2OS/c14-8-13-6-2-1-3-10(13)9-4-5-11(15)12-7-9/h4-5,7-8,10H,1-3,6H2,(H,12,15). The number of hydrogen-bond donors (Lipinski definition) is 1. The van der Waals surface area contributed by atoms with Gasteiger partial charge in [0.25, 0.3) is 0 Å². The average molecular weight is 222 g/mol. The summed E-state index contributed by atoms with van der Waals surface area (Å²) in [6.45, 7) is 0.865. The molecule has 1 N–H and O–H groups in total. The van der Waals surface area contributed by atoms with Gasteiger partial charge in [-0.1, -0.05) is 18.3 Å². The first-order valence-electron chi connectivity index (χ1n) is 5.21.